The molecule has 2 aromatic carbocycles. The van der Waals surface area contributed by atoms with Gasteiger partial charge < -0.3 is 9.30 Å². The van der Waals surface area contributed by atoms with Crippen LogP contribution in [-0.4, -0.2) is 22.8 Å². The van der Waals surface area contributed by atoms with Gasteiger partial charge in [0.15, 0.2) is 0 Å². The van der Waals surface area contributed by atoms with Gasteiger partial charge in [0.25, 0.3) is 0 Å². The number of nitrogens with zero attached hydrogens (tertiary/aromatic N) is 2. The Morgan fingerprint density at radius 2 is 1.75 bits per heavy atom. The zero-order valence-corrected chi connectivity index (χ0v) is 14.6. The number of hydrogen-bond donors (Lipinski definition) is 0. The molecule has 126 valence electrons. The highest BCUT2D eigenvalue weighted by molar-refractivity contribution is 5.76. The molecule has 0 saturated carbocycles. The van der Waals surface area contributed by atoms with Crippen molar-refractivity contribution in [1.29, 1.82) is 0 Å². The first-order chi connectivity index (χ1) is 11.8. The van der Waals surface area contributed by atoms with Crippen LogP contribution in [0.3, 0.4) is 0 Å². The van der Waals surface area contributed by atoms with Gasteiger partial charge in [0.1, 0.15) is 5.82 Å². The average Bonchev–Trinajstić information content (AvgIpc) is 2.99. The summed E-state index contributed by atoms with van der Waals surface area (Å²) in [5.74, 6) is 1.49. The Morgan fingerprint density at radius 3 is 2.50 bits per heavy atom. The van der Waals surface area contributed by atoms with Crippen molar-refractivity contribution in [3.8, 4) is 0 Å². The number of benzene rings is 2. The minimum absolute atomic E-state index is 0.325. The smallest absolute Gasteiger partial charge is 0.117 e. The van der Waals surface area contributed by atoms with Crippen LogP contribution in [0.15, 0.2) is 54.6 Å². The van der Waals surface area contributed by atoms with E-state index < -0.39 is 0 Å². The van der Waals surface area contributed by atoms with E-state index in [2.05, 4.69) is 66.1 Å². The summed E-state index contributed by atoms with van der Waals surface area (Å²) in [5.41, 5.74) is 3.64. The van der Waals surface area contributed by atoms with Gasteiger partial charge in [-0.3, -0.25) is 0 Å². The highest BCUT2D eigenvalue weighted by Gasteiger charge is 2.20. The third-order valence-corrected chi connectivity index (χ3v) is 4.48. The lowest BCUT2D eigenvalue weighted by Crippen LogP contribution is -2.11. The third-order valence-electron chi connectivity index (χ3n) is 4.48. The summed E-state index contributed by atoms with van der Waals surface area (Å²) < 4.78 is 7.91. The van der Waals surface area contributed by atoms with Crippen molar-refractivity contribution in [3.63, 3.8) is 0 Å². The third kappa shape index (κ3) is 3.51. The lowest BCUT2D eigenvalue weighted by molar-refractivity contribution is 0.141. The average molecular weight is 322 g/mol. The summed E-state index contributed by atoms with van der Waals surface area (Å²) in [7, 11) is 0. The first-order valence-electron chi connectivity index (χ1n) is 8.93. The molecule has 0 spiro atoms. The summed E-state index contributed by atoms with van der Waals surface area (Å²) in [4.78, 5) is 4.98. The van der Waals surface area contributed by atoms with Gasteiger partial charge in [0.2, 0.25) is 0 Å². The van der Waals surface area contributed by atoms with Crippen LogP contribution < -0.4 is 0 Å². The highest BCUT2D eigenvalue weighted by atomic mass is 16.5. The van der Waals surface area contributed by atoms with E-state index in [1.165, 1.54) is 16.9 Å². The molecule has 3 aromatic rings. The van der Waals surface area contributed by atoms with Crippen LogP contribution in [0.4, 0.5) is 0 Å². The van der Waals surface area contributed by atoms with Crippen molar-refractivity contribution in [2.24, 2.45) is 0 Å². The fraction of sp³-hybridized carbons (Fsp3) is 0.381. The normalized spacial score (nSPS) is 12.6. The summed E-state index contributed by atoms with van der Waals surface area (Å²) >= 11 is 0. The maximum Gasteiger partial charge on any atom is 0.117 e. The fourth-order valence-electron chi connectivity index (χ4n) is 3.32. The molecule has 0 aliphatic rings. The van der Waals surface area contributed by atoms with Crippen LogP contribution >= 0.6 is 0 Å². The number of imidazole rings is 1. The minimum atomic E-state index is 0.325. The Kier molecular flexibility index (Phi) is 5.65. The Balaban J connectivity index is 1.98. The molecular formula is C21H26N2O. The van der Waals surface area contributed by atoms with Crippen molar-refractivity contribution in [2.75, 3.05) is 13.2 Å². The van der Waals surface area contributed by atoms with Crippen LogP contribution in [0.25, 0.3) is 11.0 Å². The number of hydrogen-bond acceptors (Lipinski definition) is 2. The zero-order chi connectivity index (χ0) is 16.8. The summed E-state index contributed by atoms with van der Waals surface area (Å²) in [6, 6.07) is 19.1. The van der Waals surface area contributed by atoms with Gasteiger partial charge >= 0.3 is 0 Å². The predicted molar refractivity (Wildman–Crippen MR) is 99.4 cm³/mol. The lowest BCUT2D eigenvalue weighted by Gasteiger charge is -2.18. The van der Waals surface area contributed by atoms with E-state index in [-0.39, 0.29) is 0 Å². The second kappa shape index (κ2) is 8.11. The molecule has 0 aliphatic carbocycles. The van der Waals surface area contributed by atoms with Gasteiger partial charge in [-0.1, -0.05) is 49.4 Å². The van der Waals surface area contributed by atoms with E-state index in [1.807, 2.05) is 6.92 Å². The summed E-state index contributed by atoms with van der Waals surface area (Å²) in [6.45, 7) is 6.80. The largest absolute Gasteiger partial charge is 0.382 e. The molecule has 0 saturated heterocycles. The van der Waals surface area contributed by atoms with Crippen molar-refractivity contribution < 1.29 is 4.74 Å². The zero-order valence-electron chi connectivity index (χ0n) is 14.6. The van der Waals surface area contributed by atoms with E-state index in [0.29, 0.717) is 5.92 Å². The summed E-state index contributed by atoms with van der Waals surface area (Å²) in [5, 5.41) is 0. The van der Waals surface area contributed by atoms with Crippen molar-refractivity contribution in [2.45, 2.75) is 39.2 Å². The summed E-state index contributed by atoms with van der Waals surface area (Å²) in [6.07, 6.45) is 2.05. The van der Waals surface area contributed by atoms with Gasteiger partial charge in [-0.15, -0.1) is 0 Å². The quantitative estimate of drug-likeness (QED) is 0.545. The number of rotatable bonds is 8. The topological polar surface area (TPSA) is 27.1 Å². The second-order valence-electron chi connectivity index (χ2n) is 6.03. The van der Waals surface area contributed by atoms with Gasteiger partial charge in [0.05, 0.1) is 11.0 Å². The second-order valence-corrected chi connectivity index (χ2v) is 6.03. The Bertz CT molecular complexity index is 764. The maximum atomic E-state index is 5.52. The number of aryl methyl sites for hydroxylation is 1. The molecule has 1 unspecified atom stereocenters. The van der Waals surface area contributed by atoms with Crippen LogP contribution in [0, 0.1) is 0 Å². The standard InChI is InChI=1S/C21H26N2O/c1-3-18(17-11-6-5-7-12-17)21-22-19-13-8-9-14-20(19)23(21)15-10-16-24-4-2/h5-9,11-14,18H,3-4,10,15-16H2,1-2H3. The number of fused-ring (bicyclic) bond motifs is 1. The highest BCUT2D eigenvalue weighted by Crippen LogP contribution is 2.30. The van der Waals surface area contributed by atoms with E-state index in [4.69, 9.17) is 9.72 Å². The Labute approximate surface area is 144 Å². The Morgan fingerprint density at radius 1 is 1.00 bits per heavy atom. The van der Waals surface area contributed by atoms with Gasteiger partial charge in [-0.05, 0) is 37.5 Å². The maximum absolute atomic E-state index is 5.52. The first kappa shape index (κ1) is 16.7. The molecule has 1 atom stereocenters. The number of ether oxygens (including phenoxy) is 1. The first-order valence-corrected chi connectivity index (χ1v) is 8.93. The van der Waals surface area contributed by atoms with Crippen LogP contribution in [0.1, 0.15) is 44.0 Å². The van der Waals surface area contributed by atoms with Gasteiger partial charge in [0, 0.05) is 25.7 Å². The number of para-hydroxylation sites is 2. The van der Waals surface area contributed by atoms with Crippen LogP contribution in [0.5, 0.6) is 0 Å². The monoisotopic (exact) mass is 322 g/mol. The molecule has 0 radical (unpaired) electrons. The van der Waals surface area contributed by atoms with E-state index in [9.17, 15) is 0 Å². The fourth-order valence-corrected chi connectivity index (χ4v) is 3.32. The van der Waals surface area contributed by atoms with Crippen LogP contribution in [0.2, 0.25) is 0 Å². The molecular weight excluding hydrogens is 296 g/mol. The molecule has 1 heterocycles. The van der Waals surface area contributed by atoms with E-state index >= 15 is 0 Å². The molecule has 0 amide bonds. The molecule has 0 fully saturated rings. The van der Waals surface area contributed by atoms with E-state index in [0.717, 1.165) is 38.1 Å². The van der Waals surface area contributed by atoms with Gasteiger partial charge in [-0.25, -0.2) is 4.98 Å². The SMILES string of the molecule is CCOCCCn1c(C(CC)c2ccccc2)nc2ccccc21. The molecule has 24 heavy (non-hydrogen) atoms. The van der Waals surface area contributed by atoms with Crippen molar-refractivity contribution >= 4 is 11.0 Å². The van der Waals surface area contributed by atoms with Crippen molar-refractivity contribution in [1.82, 2.24) is 9.55 Å². The van der Waals surface area contributed by atoms with Crippen molar-refractivity contribution in [3.05, 3.63) is 66.0 Å². The lowest BCUT2D eigenvalue weighted by atomic mass is 9.95. The molecule has 0 aliphatic heterocycles. The predicted octanol–water partition coefficient (Wildman–Crippen LogP) is 5.00. The molecule has 3 nitrogen and oxygen atoms in total. The number of aromatic nitrogens is 2. The molecule has 3 rings (SSSR count). The van der Waals surface area contributed by atoms with Crippen LogP contribution in [-0.2, 0) is 11.3 Å². The van der Waals surface area contributed by atoms with Gasteiger partial charge in [-0.2, -0.15) is 0 Å². The molecule has 0 bridgehead atoms. The molecule has 1 aromatic heterocycles. The van der Waals surface area contributed by atoms with E-state index in [1.54, 1.807) is 0 Å². The minimum Gasteiger partial charge on any atom is -0.382 e. The Hall–Kier alpha value is -2.13. The molecule has 0 N–H and O–H groups in total. The molecule has 3 heteroatoms.